The van der Waals surface area contributed by atoms with Crippen molar-refractivity contribution in [2.24, 2.45) is 21.6 Å². The number of fused-ring (bicyclic) bond motifs is 5. The smallest absolute Gasteiger partial charge is 0.157 e. The number of anilines is 1. The number of rotatable bonds is 7. The van der Waals surface area contributed by atoms with Crippen LogP contribution in [0.1, 0.15) is 66.4 Å². The molecule has 3 aliphatic carbocycles. The first-order chi connectivity index (χ1) is 28.1. The van der Waals surface area contributed by atoms with Crippen LogP contribution in [0, 0.1) is 5.92 Å². The van der Waals surface area contributed by atoms with Gasteiger partial charge in [0.15, 0.2) is 5.84 Å². The van der Waals surface area contributed by atoms with Crippen LogP contribution < -0.4 is 10.6 Å². The lowest BCUT2D eigenvalue weighted by Crippen LogP contribution is -2.22. The van der Waals surface area contributed by atoms with Crippen LogP contribution in [0.3, 0.4) is 0 Å². The zero-order chi connectivity index (χ0) is 38.3. The predicted octanol–water partition coefficient (Wildman–Crippen LogP) is 12.0. The molecule has 0 amide bonds. The number of nitrogens with zero attached hydrogens (tertiary/aromatic N) is 4. The molecule has 0 spiro atoms. The molecular formula is C52H45N5. The van der Waals surface area contributed by atoms with Gasteiger partial charge in [0.25, 0.3) is 0 Å². The van der Waals surface area contributed by atoms with Crippen molar-refractivity contribution < 1.29 is 0 Å². The summed E-state index contributed by atoms with van der Waals surface area (Å²) in [5.41, 5.74) is 19.0. The molecule has 4 aliphatic rings. The fourth-order valence-electron chi connectivity index (χ4n) is 9.29. The summed E-state index contributed by atoms with van der Waals surface area (Å²) < 4.78 is 2.55. The number of nitrogens with two attached hydrogens (primary N) is 1. The highest BCUT2D eigenvalue weighted by Crippen LogP contribution is 2.51. The third-order valence-electron chi connectivity index (χ3n) is 12.0. The maximum Gasteiger partial charge on any atom is 0.157 e. The molecule has 2 heterocycles. The molecule has 0 saturated heterocycles. The number of hydrogen-bond donors (Lipinski definition) is 1. The second kappa shape index (κ2) is 14.7. The van der Waals surface area contributed by atoms with E-state index in [2.05, 4.69) is 150 Å². The van der Waals surface area contributed by atoms with Crippen molar-refractivity contribution in [3.63, 3.8) is 0 Å². The Kier molecular flexibility index (Phi) is 8.99. The van der Waals surface area contributed by atoms with Crippen molar-refractivity contribution in [1.82, 2.24) is 4.57 Å². The highest BCUT2D eigenvalue weighted by atomic mass is 15.2. The Morgan fingerprint density at radius 3 is 2.33 bits per heavy atom. The van der Waals surface area contributed by atoms with E-state index in [4.69, 9.17) is 15.7 Å². The molecule has 5 aromatic carbocycles. The molecule has 5 heteroatoms. The van der Waals surface area contributed by atoms with Crippen molar-refractivity contribution in [2.45, 2.75) is 44.2 Å². The molecule has 0 bridgehead atoms. The number of benzene rings is 5. The van der Waals surface area contributed by atoms with Crippen LogP contribution in [-0.4, -0.2) is 16.2 Å². The second-order valence-electron chi connectivity index (χ2n) is 15.4. The van der Waals surface area contributed by atoms with E-state index in [1.165, 1.54) is 44.3 Å². The Morgan fingerprint density at radius 1 is 0.737 bits per heavy atom. The van der Waals surface area contributed by atoms with Crippen molar-refractivity contribution >= 4 is 39.2 Å². The lowest BCUT2D eigenvalue weighted by Gasteiger charge is -2.29. The first-order valence-corrected chi connectivity index (χ1v) is 20.2. The molecule has 278 valence electrons. The Labute approximate surface area is 334 Å². The molecule has 4 unspecified atom stereocenters. The summed E-state index contributed by atoms with van der Waals surface area (Å²) in [6, 6.07) is 45.1. The summed E-state index contributed by atoms with van der Waals surface area (Å²) in [7, 11) is 0. The van der Waals surface area contributed by atoms with Gasteiger partial charge in [-0.15, -0.1) is 0 Å². The van der Waals surface area contributed by atoms with Gasteiger partial charge in [-0.1, -0.05) is 152 Å². The molecule has 5 nitrogen and oxygen atoms in total. The summed E-state index contributed by atoms with van der Waals surface area (Å²) >= 11 is 0. The van der Waals surface area contributed by atoms with Gasteiger partial charge in [0.05, 0.1) is 12.1 Å². The van der Waals surface area contributed by atoms with Crippen LogP contribution >= 0.6 is 0 Å². The Balaban J connectivity index is 1.02. The molecule has 10 rings (SSSR count). The van der Waals surface area contributed by atoms with Crippen molar-refractivity contribution in [3.05, 3.63) is 221 Å². The number of amidine groups is 2. The predicted molar refractivity (Wildman–Crippen MR) is 238 cm³/mol. The van der Waals surface area contributed by atoms with Gasteiger partial charge >= 0.3 is 0 Å². The van der Waals surface area contributed by atoms with Crippen LogP contribution in [0.4, 0.5) is 5.69 Å². The van der Waals surface area contributed by atoms with E-state index >= 15 is 0 Å². The van der Waals surface area contributed by atoms with Crippen LogP contribution in [0.15, 0.2) is 209 Å². The SMILES string of the molecule is CC(N=C(N=C(N)c1cccc(N2C3=CC=CCC3C3=C2CC(c2cccc4c2c2ccccc2n4C2C=CC=CC2)C=C3)c1)c1ccccc1)c1ccccc1. The number of allylic oxidation sites excluding steroid dienone is 11. The van der Waals surface area contributed by atoms with E-state index in [-0.39, 0.29) is 12.0 Å². The molecule has 57 heavy (non-hydrogen) atoms. The van der Waals surface area contributed by atoms with Gasteiger partial charge in [0.1, 0.15) is 5.84 Å². The molecule has 1 aliphatic heterocycles. The highest BCUT2D eigenvalue weighted by molar-refractivity contribution is 6.12. The summed E-state index contributed by atoms with van der Waals surface area (Å²) in [5.74, 6) is 1.59. The van der Waals surface area contributed by atoms with E-state index < -0.39 is 0 Å². The van der Waals surface area contributed by atoms with Crippen LogP contribution in [-0.2, 0) is 0 Å². The lowest BCUT2D eigenvalue weighted by molar-refractivity contribution is 0.648. The van der Waals surface area contributed by atoms with Crippen LogP contribution in [0.2, 0.25) is 0 Å². The number of para-hydroxylation sites is 1. The summed E-state index contributed by atoms with van der Waals surface area (Å²) in [6.07, 6.45) is 23.5. The quantitative estimate of drug-likeness (QED) is 0.131. The number of aromatic nitrogens is 1. The zero-order valence-corrected chi connectivity index (χ0v) is 32.1. The molecule has 1 aromatic heterocycles. The molecule has 0 radical (unpaired) electrons. The maximum absolute atomic E-state index is 6.92. The lowest BCUT2D eigenvalue weighted by atomic mass is 9.83. The molecule has 4 atom stereocenters. The van der Waals surface area contributed by atoms with E-state index in [1.807, 2.05) is 48.5 Å². The highest BCUT2D eigenvalue weighted by Gasteiger charge is 2.39. The zero-order valence-electron chi connectivity index (χ0n) is 32.1. The Hall–Kier alpha value is -6.72. The normalized spacial score (nSPS) is 21.0. The van der Waals surface area contributed by atoms with Crippen LogP contribution in [0.25, 0.3) is 21.8 Å². The summed E-state index contributed by atoms with van der Waals surface area (Å²) in [4.78, 5) is 12.6. The van der Waals surface area contributed by atoms with E-state index in [1.54, 1.807) is 0 Å². The van der Waals surface area contributed by atoms with Crippen molar-refractivity contribution in [3.8, 4) is 0 Å². The fourth-order valence-corrected chi connectivity index (χ4v) is 9.29. The molecule has 0 fully saturated rings. The maximum atomic E-state index is 6.92. The number of aliphatic imine (C=N–C) groups is 2. The molecule has 6 aromatic rings. The monoisotopic (exact) mass is 739 g/mol. The largest absolute Gasteiger partial charge is 0.383 e. The minimum atomic E-state index is -0.0848. The topological polar surface area (TPSA) is 58.9 Å². The van der Waals surface area contributed by atoms with Crippen LogP contribution in [0.5, 0.6) is 0 Å². The minimum Gasteiger partial charge on any atom is -0.383 e. The number of hydrogen-bond acceptors (Lipinski definition) is 2. The van der Waals surface area contributed by atoms with Gasteiger partial charge in [0, 0.05) is 61.9 Å². The average molecular weight is 740 g/mol. The van der Waals surface area contributed by atoms with Gasteiger partial charge in [0.2, 0.25) is 0 Å². The first kappa shape index (κ1) is 34.7. The van der Waals surface area contributed by atoms with Gasteiger partial charge in [-0.2, -0.15) is 0 Å². The van der Waals surface area contributed by atoms with E-state index in [9.17, 15) is 0 Å². The van der Waals surface area contributed by atoms with Gasteiger partial charge in [-0.05, 0) is 73.2 Å². The summed E-state index contributed by atoms with van der Waals surface area (Å²) in [5, 5.41) is 2.68. The Bertz CT molecular complexity index is 2760. The molecule has 2 N–H and O–H groups in total. The van der Waals surface area contributed by atoms with Crippen molar-refractivity contribution in [2.75, 3.05) is 4.90 Å². The average Bonchev–Trinajstić information content (AvgIpc) is 3.80. The second-order valence-corrected chi connectivity index (χ2v) is 15.4. The third kappa shape index (κ3) is 6.30. The molecule has 0 saturated carbocycles. The van der Waals surface area contributed by atoms with Gasteiger partial charge in [-0.25, -0.2) is 4.99 Å². The van der Waals surface area contributed by atoms with Gasteiger partial charge in [-0.3, -0.25) is 4.99 Å². The summed E-state index contributed by atoms with van der Waals surface area (Å²) in [6.45, 7) is 2.10. The van der Waals surface area contributed by atoms with Gasteiger partial charge < -0.3 is 15.2 Å². The standard InChI is InChI=1S/C52H45N5/c1-35(36-17-5-2-6-18-36)54-52(37-19-7-3-8-20-37)55-51(53)39-21-15-24-41(33-39)57-46-28-13-11-25-43(46)44-32-31-38(34-49(44)57)42-27-16-30-48-50(42)45-26-12-14-29-47(45)56(48)40-22-9-4-10-23-40/h2-22,24,26-33,35,38,40,43H,23,25,34H2,1H3,(H2,53,54,55). The molecular weight excluding hydrogens is 695 g/mol. The Morgan fingerprint density at radius 2 is 1.49 bits per heavy atom. The van der Waals surface area contributed by atoms with Crippen molar-refractivity contribution in [1.29, 1.82) is 0 Å². The minimum absolute atomic E-state index is 0.0848. The third-order valence-corrected chi connectivity index (χ3v) is 12.0. The van der Waals surface area contributed by atoms with E-state index in [0.29, 0.717) is 23.6 Å². The van der Waals surface area contributed by atoms with E-state index in [0.717, 1.165) is 41.6 Å². The fraction of sp³-hybridized carbons (Fsp3) is 0.154. The first-order valence-electron chi connectivity index (χ1n) is 20.2.